The first-order valence-electron chi connectivity index (χ1n) is 8.91. The second kappa shape index (κ2) is 7.99. The standard InChI is InChI=1S/C20H24N4O2/c1-15-9-12-21-17(13-15)23-18(25)20(10-5-6-11-20)24-19(26)22-14-16-7-3-2-4-8-16/h2-4,7-9,12-13H,5-6,10-11,14H2,1H3,(H,21,23,25)(H2,22,24,26). The second-order valence-electron chi connectivity index (χ2n) is 6.76. The zero-order chi connectivity index (χ0) is 18.4. The van der Waals surface area contributed by atoms with Crippen LogP contribution in [0.5, 0.6) is 0 Å². The molecule has 6 heteroatoms. The van der Waals surface area contributed by atoms with Crippen molar-refractivity contribution in [3.05, 3.63) is 59.8 Å². The van der Waals surface area contributed by atoms with E-state index >= 15 is 0 Å². The molecule has 136 valence electrons. The Morgan fingerprint density at radius 1 is 1.12 bits per heavy atom. The molecule has 3 rings (SSSR count). The molecule has 6 nitrogen and oxygen atoms in total. The van der Waals surface area contributed by atoms with Crippen LogP contribution in [0.25, 0.3) is 0 Å². The third-order valence-corrected chi connectivity index (χ3v) is 4.70. The zero-order valence-electron chi connectivity index (χ0n) is 14.9. The van der Waals surface area contributed by atoms with Crippen LogP contribution in [0.2, 0.25) is 0 Å². The van der Waals surface area contributed by atoms with Crippen molar-refractivity contribution in [2.45, 2.75) is 44.7 Å². The summed E-state index contributed by atoms with van der Waals surface area (Å²) in [5, 5.41) is 8.59. The molecule has 3 N–H and O–H groups in total. The van der Waals surface area contributed by atoms with Crippen LogP contribution in [-0.2, 0) is 11.3 Å². The van der Waals surface area contributed by atoms with Crippen LogP contribution < -0.4 is 16.0 Å². The number of urea groups is 1. The van der Waals surface area contributed by atoms with E-state index < -0.39 is 5.54 Å². The predicted octanol–water partition coefficient (Wildman–Crippen LogP) is 3.14. The van der Waals surface area contributed by atoms with Crippen molar-refractivity contribution in [3.8, 4) is 0 Å². The molecule has 1 aliphatic carbocycles. The molecule has 0 aliphatic heterocycles. The fourth-order valence-electron chi connectivity index (χ4n) is 3.27. The summed E-state index contributed by atoms with van der Waals surface area (Å²) in [6.45, 7) is 2.36. The minimum Gasteiger partial charge on any atom is -0.334 e. The molecule has 1 aromatic heterocycles. The quantitative estimate of drug-likeness (QED) is 0.773. The molecule has 1 fully saturated rings. The molecule has 0 unspecified atom stereocenters. The summed E-state index contributed by atoms with van der Waals surface area (Å²) < 4.78 is 0. The van der Waals surface area contributed by atoms with Gasteiger partial charge in [0.1, 0.15) is 11.4 Å². The molecule has 26 heavy (non-hydrogen) atoms. The minimum atomic E-state index is -0.883. The van der Waals surface area contributed by atoms with Crippen LogP contribution in [0.15, 0.2) is 48.7 Å². The van der Waals surface area contributed by atoms with Crippen LogP contribution in [-0.4, -0.2) is 22.5 Å². The molecule has 0 bridgehead atoms. The molecule has 0 spiro atoms. The number of amides is 3. The molecular weight excluding hydrogens is 328 g/mol. The van der Waals surface area contributed by atoms with Gasteiger partial charge in [-0.1, -0.05) is 43.2 Å². The van der Waals surface area contributed by atoms with E-state index in [0.29, 0.717) is 25.2 Å². The first kappa shape index (κ1) is 17.9. The van der Waals surface area contributed by atoms with Gasteiger partial charge < -0.3 is 16.0 Å². The van der Waals surface area contributed by atoms with E-state index in [1.807, 2.05) is 49.4 Å². The molecule has 3 amide bonds. The number of anilines is 1. The highest BCUT2D eigenvalue weighted by molar-refractivity contribution is 6.00. The normalized spacial score (nSPS) is 15.3. The van der Waals surface area contributed by atoms with E-state index in [0.717, 1.165) is 24.0 Å². The number of hydrogen-bond donors (Lipinski definition) is 3. The van der Waals surface area contributed by atoms with Crippen molar-refractivity contribution in [1.29, 1.82) is 0 Å². The lowest BCUT2D eigenvalue weighted by atomic mass is 9.96. The molecular formula is C20H24N4O2. The van der Waals surface area contributed by atoms with Gasteiger partial charge in [-0.3, -0.25) is 4.79 Å². The summed E-state index contributed by atoms with van der Waals surface area (Å²) in [6, 6.07) is 13.0. The van der Waals surface area contributed by atoms with Gasteiger partial charge in [0.15, 0.2) is 0 Å². The Hall–Kier alpha value is -2.89. The highest BCUT2D eigenvalue weighted by Gasteiger charge is 2.42. The van der Waals surface area contributed by atoms with Gasteiger partial charge in [0.2, 0.25) is 0 Å². The van der Waals surface area contributed by atoms with Gasteiger partial charge in [-0.25, -0.2) is 9.78 Å². The third kappa shape index (κ3) is 4.39. The predicted molar refractivity (Wildman–Crippen MR) is 101 cm³/mol. The molecule has 1 saturated carbocycles. The Bertz CT molecular complexity index is 770. The number of benzene rings is 1. The highest BCUT2D eigenvalue weighted by Crippen LogP contribution is 2.31. The van der Waals surface area contributed by atoms with Crippen molar-refractivity contribution in [3.63, 3.8) is 0 Å². The Kier molecular flexibility index (Phi) is 5.51. The Morgan fingerprint density at radius 2 is 1.85 bits per heavy atom. The lowest BCUT2D eigenvalue weighted by Gasteiger charge is -2.29. The summed E-state index contributed by atoms with van der Waals surface area (Å²) in [7, 11) is 0. The third-order valence-electron chi connectivity index (χ3n) is 4.70. The van der Waals surface area contributed by atoms with E-state index in [1.54, 1.807) is 6.20 Å². The summed E-state index contributed by atoms with van der Waals surface area (Å²) in [4.78, 5) is 29.4. The van der Waals surface area contributed by atoms with Gasteiger partial charge in [0.05, 0.1) is 0 Å². The average Bonchev–Trinajstić information content (AvgIpc) is 3.11. The summed E-state index contributed by atoms with van der Waals surface area (Å²) in [6.07, 6.45) is 4.74. The van der Waals surface area contributed by atoms with Crippen LogP contribution in [0.3, 0.4) is 0 Å². The first-order chi connectivity index (χ1) is 12.6. The smallest absolute Gasteiger partial charge is 0.315 e. The topological polar surface area (TPSA) is 83.1 Å². The zero-order valence-corrected chi connectivity index (χ0v) is 14.9. The van der Waals surface area contributed by atoms with Crippen LogP contribution in [0, 0.1) is 6.92 Å². The Morgan fingerprint density at radius 3 is 2.54 bits per heavy atom. The molecule has 0 atom stereocenters. The Labute approximate surface area is 153 Å². The van der Waals surface area contributed by atoms with Crippen LogP contribution >= 0.6 is 0 Å². The minimum absolute atomic E-state index is 0.206. The van der Waals surface area contributed by atoms with Crippen molar-refractivity contribution in [2.75, 3.05) is 5.32 Å². The fraction of sp³-hybridized carbons (Fsp3) is 0.350. The molecule has 0 saturated heterocycles. The first-order valence-corrected chi connectivity index (χ1v) is 8.91. The number of hydrogen-bond acceptors (Lipinski definition) is 3. The number of nitrogens with one attached hydrogen (secondary N) is 3. The van der Waals surface area contributed by atoms with Gasteiger partial charge in [-0.2, -0.15) is 0 Å². The van der Waals surface area contributed by atoms with Crippen molar-refractivity contribution in [1.82, 2.24) is 15.6 Å². The molecule has 2 aromatic rings. The summed E-state index contributed by atoms with van der Waals surface area (Å²) in [5.74, 6) is 0.302. The van der Waals surface area contributed by atoms with Crippen molar-refractivity contribution >= 4 is 17.8 Å². The fourth-order valence-corrected chi connectivity index (χ4v) is 3.27. The molecule has 1 heterocycles. The number of pyridine rings is 1. The average molecular weight is 352 g/mol. The number of carbonyl (C=O) groups is 2. The summed E-state index contributed by atoms with van der Waals surface area (Å²) >= 11 is 0. The van der Waals surface area contributed by atoms with Crippen LogP contribution in [0.1, 0.15) is 36.8 Å². The SMILES string of the molecule is Cc1ccnc(NC(=O)C2(NC(=O)NCc3ccccc3)CCCC2)c1. The van der Waals surface area contributed by atoms with Crippen LogP contribution in [0.4, 0.5) is 10.6 Å². The van der Waals surface area contributed by atoms with E-state index in [2.05, 4.69) is 20.9 Å². The van der Waals surface area contributed by atoms with E-state index in [-0.39, 0.29) is 11.9 Å². The lowest BCUT2D eigenvalue weighted by Crippen LogP contribution is -2.57. The maximum Gasteiger partial charge on any atom is 0.315 e. The van der Waals surface area contributed by atoms with Crippen molar-refractivity contribution < 1.29 is 9.59 Å². The van der Waals surface area contributed by atoms with Gasteiger partial charge in [-0.05, 0) is 43.0 Å². The molecule has 0 radical (unpaired) electrons. The molecule has 1 aromatic carbocycles. The second-order valence-corrected chi connectivity index (χ2v) is 6.76. The van der Waals surface area contributed by atoms with E-state index in [4.69, 9.17) is 0 Å². The van der Waals surface area contributed by atoms with Gasteiger partial charge >= 0.3 is 6.03 Å². The van der Waals surface area contributed by atoms with Gasteiger partial charge in [0.25, 0.3) is 5.91 Å². The van der Waals surface area contributed by atoms with Gasteiger partial charge in [0, 0.05) is 12.7 Å². The number of rotatable bonds is 5. The Balaban J connectivity index is 1.63. The highest BCUT2D eigenvalue weighted by atomic mass is 16.2. The number of aryl methyl sites for hydroxylation is 1. The number of carbonyl (C=O) groups excluding carboxylic acids is 2. The summed E-state index contributed by atoms with van der Waals surface area (Å²) in [5.41, 5.74) is 1.15. The lowest BCUT2D eigenvalue weighted by molar-refractivity contribution is -0.121. The largest absolute Gasteiger partial charge is 0.334 e. The maximum absolute atomic E-state index is 12.9. The number of aromatic nitrogens is 1. The monoisotopic (exact) mass is 352 g/mol. The van der Waals surface area contributed by atoms with Gasteiger partial charge in [-0.15, -0.1) is 0 Å². The van der Waals surface area contributed by atoms with E-state index in [1.165, 1.54) is 0 Å². The van der Waals surface area contributed by atoms with Crippen molar-refractivity contribution in [2.24, 2.45) is 0 Å². The number of nitrogens with zero attached hydrogens (tertiary/aromatic N) is 1. The van der Waals surface area contributed by atoms with E-state index in [9.17, 15) is 9.59 Å². The maximum atomic E-state index is 12.9. The molecule has 1 aliphatic rings.